The van der Waals surface area contributed by atoms with Gasteiger partial charge in [0.15, 0.2) is 0 Å². The second-order valence-electron chi connectivity index (χ2n) is 4.09. The van der Waals surface area contributed by atoms with Gasteiger partial charge in [0.1, 0.15) is 5.69 Å². The van der Waals surface area contributed by atoms with E-state index in [1.54, 1.807) is 13.0 Å². The Balaban J connectivity index is 2.01. The average molecular weight is 247 g/mol. The van der Waals surface area contributed by atoms with Gasteiger partial charge in [-0.2, -0.15) is 5.10 Å². The lowest BCUT2D eigenvalue weighted by molar-refractivity contribution is 0.0513. The molecule has 0 amide bonds. The number of carbonyl (C=O) groups excluding carboxylic acids is 1. The highest BCUT2D eigenvalue weighted by Gasteiger charge is 2.11. The number of aryl methyl sites for hydroxylation is 3. The summed E-state index contributed by atoms with van der Waals surface area (Å²) in [4.78, 5) is 11.7. The van der Waals surface area contributed by atoms with Crippen LogP contribution in [0.1, 0.15) is 23.0 Å². The topological polar surface area (TPSA) is 49.0 Å². The van der Waals surface area contributed by atoms with Gasteiger partial charge in [-0.15, -0.1) is 0 Å². The van der Waals surface area contributed by atoms with Gasteiger partial charge in [0.25, 0.3) is 0 Å². The van der Waals surface area contributed by atoms with Crippen molar-refractivity contribution >= 4 is 5.97 Å². The van der Waals surface area contributed by atoms with Gasteiger partial charge in [0, 0.05) is 18.9 Å². The van der Waals surface area contributed by atoms with E-state index in [0.717, 1.165) is 12.1 Å². The van der Waals surface area contributed by atoms with E-state index < -0.39 is 0 Å². The van der Waals surface area contributed by atoms with Crippen LogP contribution in [0.2, 0.25) is 0 Å². The Hall–Kier alpha value is -2.04. The maximum atomic E-state index is 11.7. The highest BCUT2D eigenvalue weighted by atomic mass is 16.5. The van der Waals surface area contributed by atoms with Crippen molar-refractivity contribution in [1.29, 1.82) is 0 Å². The molecule has 0 aliphatic heterocycles. The fraction of sp³-hybridized carbons (Fsp3) is 0.385. The zero-order chi connectivity index (χ0) is 13.0. The zero-order valence-electron chi connectivity index (χ0n) is 10.7. The Kier molecular flexibility index (Phi) is 3.82. The quantitative estimate of drug-likeness (QED) is 0.758. The van der Waals surface area contributed by atoms with Crippen molar-refractivity contribution in [2.75, 3.05) is 6.61 Å². The van der Waals surface area contributed by atoms with Crippen LogP contribution in [0.4, 0.5) is 0 Å². The van der Waals surface area contributed by atoms with Crippen molar-refractivity contribution in [2.45, 2.75) is 26.9 Å². The van der Waals surface area contributed by atoms with Gasteiger partial charge in [-0.3, -0.25) is 4.68 Å². The monoisotopic (exact) mass is 247 g/mol. The Morgan fingerprint density at radius 1 is 1.44 bits per heavy atom. The van der Waals surface area contributed by atoms with E-state index in [1.165, 1.54) is 0 Å². The first-order chi connectivity index (χ1) is 8.70. The summed E-state index contributed by atoms with van der Waals surface area (Å²) >= 11 is 0. The first-order valence-corrected chi connectivity index (χ1v) is 6.02. The third-order valence-corrected chi connectivity index (χ3v) is 2.65. The van der Waals surface area contributed by atoms with Crippen LogP contribution in [0, 0.1) is 6.92 Å². The normalized spacial score (nSPS) is 10.6. The van der Waals surface area contributed by atoms with Gasteiger partial charge >= 0.3 is 5.97 Å². The van der Waals surface area contributed by atoms with Crippen molar-refractivity contribution in [2.24, 2.45) is 0 Å². The predicted octanol–water partition coefficient (Wildman–Crippen LogP) is 1.87. The van der Waals surface area contributed by atoms with Gasteiger partial charge in [-0.1, -0.05) is 0 Å². The Morgan fingerprint density at radius 2 is 2.28 bits per heavy atom. The predicted molar refractivity (Wildman–Crippen MR) is 67.4 cm³/mol. The largest absolute Gasteiger partial charge is 0.461 e. The first-order valence-electron chi connectivity index (χ1n) is 6.02. The Morgan fingerprint density at radius 3 is 2.94 bits per heavy atom. The molecular formula is C13H17N3O2. The highest BCUT2D eigenvalue weighted by Crippen LogP contribution is 2.05. The summed E-state index contributed by atoms with van der Waals surface area (Å²) in [5.41, 5.74) is 1.72. The van der Waals surface area contributed by atoms with Gasteiger partial charge < -0.3 is 9.30 Å². The van der Waals surface area contributed by atoms with E-state index in [1.807, 2.05) is 40.8 Å². The van der Waals surface area contributed by atoms with Crippen molar-refractivity contribution in [3.8, 4) is 0 Å². The van der Waals surface area contributed by atoms with E-state index in [9.17, 15) is 4.79 Å². The molecular weight excluding hydrogens is 230 g/mol. The minimum absolute atomic E-state index is 0.279. The number of ether oxygens (including phenoxy) is 1. The van der Waals surface area contributed by atoms with Crippen LogP contribution in [0.3, 0.4) is 0 Å². The van der Waals surface area contributed by atoms with E-state index in [0.29, 0.717) is 18.8 Å². The van der Waals surface area contributed by atoms with Crippen molar-refractivity contribution in [3.63, 3.8) is 0 Å². The standard InChI is InChI=1S/C13H17N3O2/c1-3-18-13(17)12-5-4-6-15(12)7-8-16-10-11(2)9-14-16/h4-6,9-10H,3,7-8H2,1-2H3. The SMILES string of the molecule is CCOC(=O)c1cccn1CCn1cc(C)cn1. The van der Waals surface area contributed by atoms with Crippen LogP contribution in [0.5, 0.6) is 0 Å². The molecule has 0 radical (unpaired) electrons. The minimum Gasteiger partial charge on any atom is -0.461 e. The average Bonchev–Trinajstić information content (AvgIpc) is 2.95. The number of nitrogens with zero attached hydrogens (tertiary/aromatic N) is 3. The number of hydrogen-bond donors (Lipinski definition) is 0. The summed E-state index contributed by atoms with van der Waals surface area (Å²) in [5, 5.41) is 4.21. The van der Waals surface area contributed by atoms with E-state index >= 15 is 0 Å². The highest BCUT2D eigenvalue weighted by molar-refractivity contribution is 5.87. The number of rotatable bonds is 5. The molecule has 2 aromatic rings. The third kappa shape index (κ3) is 2.80. The van der Waals surface area contributed by atoms with Crippen molar-refractivity contribution in [3.05, 3.63) is 42.0 Å². The maximum Gasteiger partial charge on any atom is 0.354 e. The Bertz CT molecular complexity index is 528. The molecule has 0 saturated carbocycles. The van der Waals surface area contributed by atoms with Crippen LogP contribution in [0.15, 0.2) is 30.7 Å². The fourth-order valence-electron chi connectivity index (χ4n) is 1.80. The molecule has 2 heterocycles. The molecule has 18 heavy (non-hydrogen) atoms. The molecule has 0 N–H and O–H groups in total. The van der Waals surface area contributed by atoms with Crippen molar-refractivity contribution in [1.82, 2.24) is 14.3 Å². The first kappa shape index (κ1) is 12.4. The summed E-state index contributed by atoms with van der Waals surface area (Å²) in [6.07, 6.45) is 5.68. The Labute approximate surface area is 106 Å². The molecule has 2 aromatic heterocycles. The second-order valence-corrected chi connectivity index (χ2v) is 4.09. The van der Waals surface area contributed by atoms with Gasteiger partial charge in [0.05, 0.1) is 19.3 Å². The van der Waals surface area contributed by atoms with Crippen LogP contribution in [-0.2, 0) is 17.8 Å². The van der Waals surface area contributed by atoms with Gasteiger partial charge in [-0.25, -0.2) is 4.79 Å². The summed E-state index contributed by atoms with van der Waals surface area (Å²) in [7, 11) is 0. The summed E-state index contributed by atoms with van der Waals surface area (Å²) < 4.78 is 8.75. The number of esters is 1. The van der Waals surface area contributed by atoms with E-state index in [2.05, 4.69) is 5.10 Å². The van der Waals surface area contributed by atoms with E-state index in [-0.39, 0.29) is 5.97 Å². The number of carbonyl (C=O) groups is 1. The van der Waals surface area contributed by atoms with E-state index in [4.69, 9.17) is 4.74 Å². The molecule has 0 aliphatic rings. The zero-order valence-corrected chi connectivity index (χ0v) is 10.7. The van der Waals surface area contributed by atoms with Crippen molar-refractivity contribution < 1.29 is 9.53 Å². The lowest BCUT2D eigenvalue weighted by atomic mass is 10.4. The van der Waals surface area contributed by atoms with Crippen LogP contribution >= 0.6 is 0 Å². The molecule has 0 unspecified atom stereocenters. The molecule has 0 fully saturated rings. The van der Waals surface area contributed by atoms with Crippen LogP contribution in [0.25, 0.3) is 0 Å². The molecule has 96 valence electrons. The number of aromatic nitrogens is 3. The molecule has 0 aliphatic carbocycles. The molecule has 0 atom stereocenters. The second kappa shape index (κ2) is 5.53. The molecule has 0 bridgehead atoms. The smallest absolute Gasteiger partial charge is 0.354 e. The molecule has 2 rings (SSSR count). The summed E-state index contributed by atoms with van der Waals surface area (Å²) in [6, 6.07) is 3.62. The third-order valence-electron chi connectivity index (χ3n) is 2.65. The molecule has 5 nitrogen and oxygen atoms in total. The minimum atomic E-state index is -0.279. The molecule has 5 heteroatoms. The van der Waals surface area contributed by atoms with Gasteiger partial charge in [-0.05, 0) is 31.5 Å². The summed E-state index contributed by atoms with van der Waals surface area (Å²) in [6.45, 7) is 5.63. The molecule has 0 aromatic carbocycles. The number of hydrogen-bond acceptors (Lipinski definition) is 3. The molecule has 0 saturated heterocycles. The maximum absolute atomic E-state index is 11.7. The van der Waals surface area contributed by atoms with Gasteiger partial charge in [0.2, 0.25) is 0 Å². The van der Waals surface area contributed by atoms with Crippen LogP contribution in [-0.4, -0.2) is 26.9 Å². The fourth-order valence-corrected chi connectivity index (χ4v) is 1.80. The molecule has 0 spiro atoms. The lowest BCUT2D eigenvalue weighted by Gasteiger charge is -2.08. The summed E-state index contributed by atoms with van der Waals surface area (Å²) in [5.74, 6) is -0.279. The van der Waals surface area contributed by atoms with Crippen LogP contribution < -0.4 is 0 Å². The lowest BCUT2D eigenvalue weighted by Crippen LogP contribution is -2.14.